The Morgan fingerprint density at radius 3 is 1.51 bits per heavy atom. The number of nitriles is 1. The van der Waals surface area contributed by atoms with E-state index in [0.29, 0.717) is 23.3 Å². The smallest absolute Gasteiger partial charge is 0.308 e. The molecule has 0 heterocycles. The van der Waals surface area contributed by atoms with Crippen LogP contribution in [0.2, 0.25) is 0 Å². The summed E-state index contributed by atoms with van der Waals surface area (Å²) in [7, 11) is 0. The number of aliphatic hydroxyl groups excluding tert-OH is 2. The van der Waals surface area contributed by atoms with Crippen molar-refractivity contribution in [2.75, 3.05) is 18.1 Å². The number of hydrogen-bond donors (Lipinski definition) is 5. The number of esters is 1. The summed E-state index contributed by atoms with van der Waals surface area (Å²) < 4.78 is 3.72. The molecule has 0 unspecified atom stereocenters. The van der Waals surface area contributed by atoms with Gasteiger partial charge in [-0.25, -0.2) is 0 Å². The average Bonchev–Trinajstić information content (AvgIpc) is 3.50. The lowest BCUT2D eigenvalue weighted by Crippen LogP contribution is -2.58. The summed E-state index contributed by atoms with van der Waals surface area (Å²) in [6.07, 6.45) is 2.06. The van der Waals surface area contributed by atoms with Crippen LogP contribution in [0.25, 0.3) is 0 Å². The summed E-state index contributed by atoms with van der Waals surface area (Å²) in [5, 5.41) is 41.4. The van der Waals surface area contributed by atoms with Crippen molar-refractivity contribution in [2.24, 2.45) is 5.92 Å². The van der Waals surface area contributed by atoms with Gasteiger partial charge >= 0.3 is 5.97 Å². The minimum atomic E-state index is -1.35. The number of nitrogens with one attached hydrogen (secondary N) is 3. The van der Waals surface area contributed by atoms with E-state index in [2.05, 4.69) is 65.0 Å². The van der Waals surface area contributed by atoms with E-state index in [0.717, 1.165) is 33.4 Å². The van der Waals surface area contributed by atoms with Gasteiger partial charge in [-0.3, -0.25) is 19.2 Å². The molecule has 416 valence electrons. The molecular formula is C68H70N4O7S2. The average molecular weight is 1120 g/mol. The fraction of sp³-hybridized carbons (Fsp3) is 0.250. The number of hydrogen-bond acceptors (Lipinski definition) is 10. The highest BCUT2D eigenvalue weighted by Crippen LogP contribution is 2.50. The lowest BCUT2D eigenvalue weighted by atomic mass is 9.84. The molecule has 11 nitrogen and oxygen atoms in total. The second kappa shape index (κ2) is 30.6. The van der Waals surface area contributed by atoms with Gasteiger partial charge in [0.1, 0.15) is 18.7 Å². The van der Waals surface area contributed by atoms with Crippen LogP contribution in [0.1, 0.15) is 77.6 Å². The van der Waals surface area contributed by atoms with E-state index in [4.69, 9.17) is 4.74 Å². The molecule has 5 atom stereocenters. The predicted molar refractivity (Wildman–Crippen MR) is 325 cm³/mol. The number of benzene rings is 7. The van der Waals surface area contributed by atoms with E-state index in [-0.39, 0.29) is 31.1 Å². The molecule has 0 fully saturated rings. The van der Waals surface area contributed by atoms with E-state index in [1.165, 1.54) is 17.8 Å². The Bertz CT molecular complexity index is 2990. The zero-order valence-corrected chi connectivity index (χ0v) is 47.3. The summed E-state index contributed by atoms with van der Waals surface area (Å²) in [5.41, 5.74) is 7.07. The quantitative estimate of drug-likeness (QED) is 0.0131. The van der Waals surface area contributed by atoms with Gasteiger partial charge in [-0.05, 0) is 69.2 Å². The minimum absolute atomic E-state index is 0.0198. The first-order valence-corrected chi connectivity index (χ1v) is 29.1. The Morgan fingerprint density at radius 2 is 1.06 bits per heavy atom. The third-order valence-corrected chi connectivity index (χ3v) is 17.1. The summed E-state index contributed by atoms with van der Waals surface area (Å²) in [4.78, 5) is 56.8. The number of rotatable bonds is 29. The maximum atomic E-state index is 15.0. The summed E-state index contributed by atoms with van der Waals surface area (Å²) in [5.74, 6) is -2.35. The summed E-state index contributed by atoms with van der Waals surface area (Å²) in [6, 6.07) is 66.1. The van der Waals surface area contributed by atoms with E-state index in [1.807, 2.05) is 152 Å². The molecule has 81 heavy (non-hydrogen) atoms. The molecule has 0 bridgehead atoms. The Kier molecular flexibility index (Phi) is 22.9. The molecule has 0 aliphatic carbocycles. The van der Waals surface area contributed by atoms with Gasteiger partial charge in [-0.15, -0.1) is 23.5 Å². The van der Waals surface area contributed by atoms with Crippen LogP contribution in [0.3, 0.4) is 0 Å². The molecule has 13 heteroatoms. The van der Waals surface area contributed by atoms with E-state index in [1.54, 1.807) is 56.0 Å². The van der Waals surface area contributed by atoms with Crippen molar-refractivity contribution in [3.63, 3.8) is 0 Å². The SMILES string of the molecule is C=CCOC(=O)C[C@H](O)[C@H](NC(=O)[C@@H](CSC(c1ccccc1)(c1ccccc1)c1ccccc1)NC(=O)[C@@H](Cc1cccc(C#N)c1)NC(=O)C[C@H](O)C=CCCSC(c1ccccc1)(c1ccccc1)c1ccccc1)C(C)C. The minimum Gasteiger partial charge on any atom is -0.461 e. The predicted octanol–water partition coefficient (Wildman–Crippen LogP) is 10.8. The molecule has 0 aromatic heterocycles. The molecule has 5 N–H and O–H groups in total. The second-order valence-electron chi connectivity index (χ2n) is 19.9. The van der Waals surface area contributed by atoms with Crippen LogP contribution in [-0.2, 0) is 39.8 Å². The van der Waals surface area contributed by atoms with Gasteiger partial charge in [0, 0.05) is 12.2 Å². The molecule has 0 aliphatic rings. The molecule has 7 rings (SSSR count). The maximum absolute atomic E-state index is 15.0. The summed E-state index contributed by atoms with van der Waals surface area (Å²) in [6.45, 7) is 7.14. The fourth-order valence-electron chi connectivity index (χ4n) is 9.94. The highest BCUT2D eigenvalue weighted by molar-refractivity contribution is 8.00. The van der Waals surface area contributed by atoms with Crippen LogP contribution in [-0.4, -0.2) is 82.3 Å². The lowest BCUT2D eigenvalue weighted by molar-refractivity contribution is -0.145. The molecule has 0 aliphatic heterocycles. The molecule has 3 amide bonds. The summed E-state index contributed by atoms with van der Waals surface area (Å²) >= 11 is 3.22. The van der Waals surface area contributed by atoms with Crippen molar-refractivity contribution in [3.8, 4) is 6.07 Å². The van der Waals surface area contributed by atoms with Gasteiger partial charge in [0.15, 0.2) is 0 Å². The monoisotopic (exact) mass is 1120 g/mol. The topological polar surface area (TPSA) is 178 Å². The van der Waals surface area contributed by atoms with Crippen molar-refractivity contribution >= 4 is 47.2 Å². The highest BCUT2D eigenvalue weighted by Gasteiger charge is 2.41. The first kappa shape index (κ1) is 60.6. The molecule has 0 radical (unpaired) electrons. The number of amides is 3. The second-order valence-corrected chi connectivity index (χ2v) is 22.5. The van der Waals surface area contributed by atoms with Crippen molar-refractivity contribution in [2.45, 2.75) is 79.4 Å². The number of ether oxygens (including phenoxy) is 1. The Labute approximate surface area is 485 Å². The number of aliphatic hydroxyl groups is 2. The third-order valence-electron chi connectivity index (χ3n) is 13.9. The van der Waals surface area contributed by atoms with E-state index < -0.39 is 69.9 Å². The van der Waals surface area contributed by atoms with Crippen molar-refractivity contribution in [3.05, 3.63) is 276 Å². The van der Waals surface area contributed by atoms with Crippen LogP contribution < -0.4 is 16.0 Å². The van der Waals surface area contributed by atoms with Crippen LogP contribution in [0, 0.1) is 17.2 Å². The Morgan fingerprint density at radius 1 is 0.605 bits per heavy atom. The van der Waals surface area contributed by atoms with Gasteiger partial charge < -0.3 is 30.9 Å². The number of allylic oxidation sites excluding steroid dienone is 1. The maximum Gasteiger partial charge on any atom is 0.308 e. The number of carbonyl (C=O) groups excluding carboxylic acids is 4. The van der Waals surface area contributed by atoms with Crippen molar-refractivity contribution in [1.82, 2.24) is 16.0 Å². The van der Waals surface area contributed by atoms with Crippen LogP contribution in [0.5, 0.6) is 0 Å². The number of carbonyl (C=O) groups is 4. The van der Waals surface area contributed by atoms with Crippen LogP contribution in [0.4, 0.5) is 0 Å². The zero-order chi connectivity index (χ0) is 57.5. The lowest BCUT2D eigenvalue weighted by Gasteiger charge is -2.37. The molecular weight excluding hydrogens is 1050 g/mol. The first-order chi connectivity index (χ1) is 39.4. The molecule has 7 aromatic rings. The highest BCUT2D eigenvalue weighted by atomic mass is 32.2. The van der Waals surface area contributed by atoms with Gasteiger partial charge in [0.25, 0.3) is 0 Å². The molecule has 0 saturated carbocycles. The largest absolute Gasteiger partial charge is 0.461 e. The van der Waals surface area contributed by atoms with E-state index >= 15 is 4.79 Å². The molecule has 0 saturated heterocycles. The van der Waals surface area contributed by atoms with Crippen LogP contribution in [0.15, 0.2) is 231 Å². The number of thioether (sulfide) groups is 2. The molecule has 0 spiro atoms. The van der Waals surface area contributed by atoms with Crippen molar-refractivity contribution in [1.29, 1.82) is 5.26 Å². The Hall–Kier alpha value is -7.99. The van der Waals surface area contributed by atoms with Crippen molar-refractivity contribution < 1.29 is 34.1 Å². The van der Waals surface area contributed by atoms with Gasteiger partial charge in [-0.2, -0.15) is 5.26 Å². The number of nitrogens with zero attached hydrogens (tertiary/aromatic N) is 1. The van der Waals surface area contributed by atoms with Gasteiger partial charge in [0.2, 0.25) is 17.7 Å². The van der Waals surface area contributed by atoms with E-state index in [9.17, 15) is 29.9 Å². The molecule has 7 aromatic carbocycles. The zero-order valence-electron chi connectivity index (χ0n) is 45.7. The van der Waals surface area contributed by atoms with Crippen LogP contribution >= 0.6 is 23.5 Å². The Balaban J connectivity index is 1.15. The van der Waals surface area contributed by atoms with Gasteiger partial charge in [-0.1, -0.05) is 233 Å². The fourth-order valence-corrected chi connectivity index (χ4v) is 13.0. The normalized spacial score (nSPS) is 13.4. The first-order valence-electron chi connectivity index (χ1n) is 27.2. The van der Waals surface area contributed by atoms with Gasteiger partial charge in [0.05, 0.1) is 52.2 Å². The standard InChI is InChI=1S/C68H70N4O7S2/c1-4-41-79-63(76)46-61(74)64(49(2)3)72-66(78)60(48-81-68(55-34-17-8-18-35-55,56-36-19-9-20-37-56)57-38-21-10-22-39-57)71-65(77)59(44-50-26-25-27-51(43-50)47-69)70-62(75)45-58(73)40-23-24-42-80-67(52-28-11-5-12-29-52,53-30-13-6-14-31-53)54-32-15-7-16-33-54/h4-23,25-40,43,49,58-61,64,73-74H,1,24,41-42,44-46,48H2,2-3H3,(H,70,75)(H,71,77)(H,72,78)/t58-,59-,60-,61+,64-/m1/s1. The third kappa shape index (κ3) is 16.3.